The van der Waals surface area contributed by atoms with Crippen LogP contribution in [0.5, 0.6) is 0 Å². The summed E-state index contributed by atoms with van der Waals surface area (Å²) in [7, 11) is 0. The van der Waals surface area contributed by atoms with Crippen LogP contribution in [0.25, 0.3) is 0 Å². The normalized spacial score (nSPS) is 11.8. The molecular weight excluding hydrogens is 361 g/mol. The third kappa shape index (κ3) is 5.92. The van der Waals surface area contributed by atoms with E-state index < -0.39 is 18.4 Å². The van der Waals surface area contributed by atoms with Gasteiger partial charge in [-0.1, -0.05) is 0 Å². The molecule has 1 nitrogen and oxygen atoms in total. The summed E-state index contributed by atoms with van der Waals surface area (Å²) in [6.07, 6.45) is 11.5. The number of aromatic nitrogens is 1. The number of hydrogen-bond acceptors (Lipinski definition) is 1. The van der Waals surface area contributed by atoms with E-state index in [4.69, 9.17) is 0 Å². The van der Waals surface area contributed by atoms with E-state index in [9.17, 15) is 0 Å². The molecular formula is C19H35NSn. The summed E-state index contributed by atoms with van der Waals surface area (Å²) in [6.45, 7) is 9.27. The fraction of sp³-hybridized carbons (Fsp3) is 0.737. The van der Waals surface area contributed by atoms with Crippen LogP contribution in [0.2, 0.25) is 13.3 Å². The van der Waals surface area contributed by atoms with Crippen molar-refractivity contribution in [3.05, 3.63) is 24.0 Å². The van der Waals surface area contributed by atoms with Crippen molar-refractivity contribution >= 4 is 22.0 Å². The molecule has 0 bridgehead atoms. The topological polar surface area (TPSA) is 12.9 Å². The van der Waals surface area contributed by atoms with Gasteiger partial charge in [-0.25, -0.2) is 0 Å². The van der Waals surface area contributed by atoms with Gasteiger partial charge in [0.25, 0.3) is 0 Å². The van der Waals surface area contributed by atoms with Crippen LogP contribution in [0.15, 0.2) is 18.3 Å². The van der Waals surface area contributed by atoms with E-state index >= 15 is 0 Å². The zero-order chi connectivity index (χ0) is 15.6. The number of rotatable bonds is 11. The molecule has 0 radical (unpaired) electrons. The van der Waals surface area contributed by atoms with E-state index in [2.05, 4.69) is 51.0 Å². The van der Waals surface area contributed by atoms with Gasteiger partial charge in [0.05, 0.1) is 0 Å². The average Bonchev–Trinajstić information content (AvgIpc) is 2.54. The van der Waals surface area contributed by atoms with Crippen molar-refractivity contribution in [3.8, 4) is 0 Å². The van der Waals surface area contributed by atoms with Gasteiger partial charge in [0, 0.05) is 0 Å². The first-order chi connectivity index (χ1) is 10.2. The van der Waals surface area contributed by atoms with Crippen molar-refractivity contribution in [2.75, 3.05) is 0 Å². The summed E-state index contributed by atoms with van der Waals surface area (Å²) < 4.78 is 6.43. The number of pyridine rings is 1. The molecule has 1 aromatic heterocycles. The minimum atomic E-state index is -2.20. The van der Waals surface area contributed by atoms with Crippen molar-refractivity contribution in [2.24, 2.45) is 0 Å². The van der Waals surface area contributed by atoms with Crippen molar-refractivity contribution in [1.82, 2.24) is 4.98 Å². The summed E-state index contributed by atoms with van der Waals surface area (Å²) in [6, 6.07) is 4.87. The maximum absolute atomic E-state index is 4.55. The Morgan fingerprint density at radius 2 is 1.38 bits per heavy atom. The van der Waals surface area contributed by atoms with Crippen LogP contribution in [0.3, 0.4) is 0 Å². The first kappa shape index (κ1) is 19.0. The third-order valence-corrected chi connectivity index (χ3v) is 20.4. The van der Waals surface area contributed by atoms with Crippen LogP contribution < -0.4 is 3.58 Å². The molecule has 0 saturated carbocycles. The molecule has 0 aliphatic rings. The van der Waals surface area contributed by atoms with Gasteiger partial charge in [-0.05, 0) is 0 Å². The predicted molar refractivity (Wildman–Crippen MR) is 98.1 cm³/mol. The molecule has 2 heteroatoms. The number of nitrogens with zero attached hydrogens (tertiary/aromatic N) is 1. The van der Waals surface area contributed by atoms with Crippen LogP contribution in [0.1, 0.15) is 71.9 Å². The molecule has 0 unspecified atom stereocenters. The van der Waals surface area contributed by atoms with Crippen molar-refractivity contribution in [1.29, 1.82) is 0 Å². The molecule has 0 atom stereocenters. The Morgan fingerprint density at radius 3 is 1.81 bits per heavy atom. The van der Waals surface area contributed by atoms with Crippen molar-refractivity contribution < 1.29 is 0 Å². The van der Waals surface area contributed by atoms with E-state index in [1.54, 1.807) is 16.9 Å². The Bertz CT molecular complexity index is 367. The van der Waals surface area contributed by atoms with Gasteiger partial charge in [-0.3, -0.25) is 0 Å². The molecule has 0 aliphatic carbocycles. The predicted octanol–water partition coefficient (Wildman–Crippen LogP) is 5.70. The second-order valence-corrected chi connectivity index (χ2v) is 19.7. The fourth-order valence-electron chi connectivity index (χ4n) is 3.35. The molecule has 1 heterocycles. The van der Waals surface area contributed by atoms with Gasteiger partial charge in [0.1, 0.15) is 0 Å². The molecule has 0 amide bonds. The first-order valence-corrected chi connectivity index (χ1v) is 16.7. The van der Waals surface area contributed by atoms with Gasteiger partial charge in [0.2, 0.25) is 0 Å². The maximum atomic E-state index is 4.55. The van der Waals surface area contributed by atoms with E-state index in [-0.39, 0.29) is 0 Å². The van der Waals surface area contributed by atoms with Crippen molar-refractivity contribution in [2.45, 2.75) is 86.0 Å². The summed E-state index contributed by atoms with van der Waals surface area (Å²) in [5.41, 5.74) is 1.30. The number of hydrogen-bond donors (Lipinski definition) is 0. The van der Waals surface area contributed by atoms with E-state index in [0.29, 0.717) is 0 Å². The van der Waals surface area contributed by atoms with E-state index in [1.807, 2.05) is 0 Å². The van der Waals surface area contributed by atoms with Crippen LogP contribution >= 0.6 is 0 Å². The molecule has 0 fully saturated rings. The van der Waals surface area contributed by atoms with Gasteiger partial charge in [-0.15, -0.1) is 0 Å². The monoisotopic (exact) mass is 397 g/mol. The van der Waals surface area contributed by atoms with Crippen LogP contribution in [0, 0.1) is 0 Å². The Labute approximate surface area is 136 Å². The zero-order valence-electron chi connectivity index (χ0n) is 14.8. The Hall–Kier alpha value is -0.0513. The summed E-state index contributed by atoms with van der Waals surface area (Å²) in [5.74, 6) is 0. The van der Waals surface area contributed by atoms with Crippen LogP contribution in [-0.2, 0) is 6.42 Å². The molecule has 21 heavy (non-hydrogen) atoms. The van der Waals surface area contributed by atoms with Gasteiger partial charge < -0.3 is 0 Å². The molecule has 0 spiro atoms. The second kappa shape index (κ2) is 10.6. The average molecular weight is 396 g/mol. The Balaban J connectivity index is 3.09. The van der Waals surface area contributed by atoms with Crippen LogP contribution in [0.4, 0.5) is 0 Å². The summed E-state index contributed by atoms with van der Waals surface area (Å²) in [5, 5.41) is 0. The first-order valence-electron chi connectivity index (χ1n) is 9.17. The quantitative estimate of drug-likeness (QED) is 0.438. The van der Waals surface area contributed by atoms with E-state index in [1.165, 1.54) is 44.2 Å². The van der Waals surface area contributed by atoms with E-state index in [0.717, 1.165) is 6.42 Å². The number of aryl methyl sites for hydroxylation is 1. The molecule has 120 valence electrons. The van der Waals surface area contributed by atoms with Crippen molar-refractivity contribution in [3.63, 3.8) is 0 Å². The van der Waals surface area contributed by atoms with Gasteiger partial charge in [-0.2, -0.15) is 0 Å². The molecule has 1 rings (SSSR count). The molecule has 0 saturated heterocycles. The SMILES string of the molecule is CCC[CH2][Sn]([CH2]CCC)([CH2]CCC)[c]1ccnc(CC)c1. The molecule has 1 aromatic rings. The minimum absolute atomic E-state index is 1.07. The number of unbranched alkanes of at least 4 members (excludes halogenated alkanes) is 3. The molecule has 0 aromatic carbocycles. The summed E-state index contributed by atoms with van der Waals surface area (Å²) in [4.78, 5) is 4.55. The van der Waals surface area contributed by atoms with Crippen LogP contribution in [-0.4, -0.2) is 23.4 Å². The van der Waals surface area contributed by atoms with Gasteiger partial charge >= 0.3 is 137 Å². The Kier molecular flexibility index (Phi) is 9.62. The standard InChI is InChI=1S/C7H8N.3C4H9.Sn/c1-2-7-5-3-4-6-8-7;3*1-3-4-2;/h4-6H,2H2,1H3;3*1,3-4H2,2H3;. The summed E-state index contributed by atoms with van der Waals surface area (Å²) >= 11 is -2.20. The second-order valence-electron chi connectivity index (χ2n) is 6.48. The molecule has 0 aliphatic heterocycles. The Morgan fingerprint density at radius 1 is 0.857 bits per heavy atom. The zero-order valence-corrected chi connectivity index (χ0v) is 17.6. The fourth-order valence-corrected chi connectivity index (χ4v) is 19.4. The van der Waals surface area contributed by atoms with Gasteiger partial charge in [0.15, 0.2) is 0 Å². The third-order valence-electron chi connectivity index (χ3n) is 4.82. The molecule has 0 N–H and O–H groups in total.